The first-order valence-electron chi connectivity index (χ1n) is 12.0. The van der Waals surface area contributed by atoms with E-state index in [1.165, 1.54) is 23.5 Å². The predicted molar refractivity (Wildman–Crippen MR) is 138 cm³/mol. The van der Waals surface area contributed by atoms with Crippen molar-refractivity contribution in [3.05, 3.63) is 69.6 Å². The number of aromatic nitrogens is 1. The zero-order valence-corrected chi connectivity index (χ0v) is 21.7. The van der Waals surface area contributed by atoms with Gasteiger partial charge in [-0.1, -0.05) is 23.7 Å². The molecule has 2 N–H and O–H groups in total. The van der Waals surface area contributed by atoms with Crippen molar-refractivity contribution >= 4 is 34.9 Å². The molecular weight excluding hydrogens is 519 g/mol. The molecule has 0 unspecified atom stereocenters. The number of hydrogen-bond acceptors (Lipinski definition) is 7. The van der Waals surface area contributed by atoms with Gasteiger partial charge in [-0.25, -0.2) is 14.2 Å². The van der Waals surface area contributed by atoms with Crippen LogP contribution in [-0.2, 0) is 17.8 Å². The summed E-state index contributed by atoms with van der Waals surface area (Å²) in [6.45, 7) is 1.66. The molecule has 3 heterocycles. The van der Waals surface area contributed by atoms with Crippen LogP contribution in [0.3, 0.4) is 0 Å². The number of piperidine rings is 1. The number of amides is 2. The van der Waals surface area contributed by atoms with Crippen LogP contribution in [-0.4, -0.2) is 54.2 Å². The van der Waals surface area contributed by atoms with Gasteiger partial charge < -0.3 is 25.0 Å². The molecule has 0 bridgehead atoms. The van der Waals surface area contributed by atoms with Gasteiger partial charge in [-0.15, -0.1) is 11.3 Å². The lowest BCUT2D eigenvalue weighted by atomic mass is 10.0. The number of cyclic esters (lactones) is 1. The fourth-order valence-corrected chi connectivity index (χ4v) is 5.59. The molecule has 2 fully saturated rings. The average Bonchev–Trinajstić information content (AvgIpc) is 3.51. The summed E-state index contributed by atoms with van der Waals surface area (Å²) in [5.41, 5.74) is 1.27. The molecule has 2 atom stereocenters. The highest BCUT2D eigenvalue weighted by Gasteiger charge is 2.39. The van der Waals surface area contributed by atoms with Crippen LogP contribution < -0.4 is 15.4 Å². The Bertz CT molecular complexity index is 1300. The van der Waals surface area contributed by atoms with Crippen LogP contribution in [0.4, 0.5) is 9.18 Å². The normalized spacial score (nSPS) is 18.9. The minimum Gasteiger partial charge on any atom is -0.490 e. The highest BCUT2D eigenvalue weighted by atomic mass is 35.5. The van der Waals surface area contributed by atoms with Crippen LogP contribution in [0.5, 0.6) is 5.75 Å². The lowest BCUT2D eigenvalue weighted by Crippen LogP contribution is -2.44. The number of fused-ring (bicyclic) bond motifs is 1. The predicted octanol–water partition coefficient (Wildman–Crippen LogP) is 4.61. The lowest BCUT2D eigenvalue weighted by molar-refractivity contribution is 0.0915. The van der Waals surface area contributed by atoms with E-state index in [-0.39, 0.29) is 30.3 Å². The molecule has 2 aliphatic rings. The van der Waals surface area contributed by atoms with Crippen molar-refractivity contribution in [2.24, 2.45) is 0 Å². The number of carbonyl (C=O) groups excluding carboxylic acids is 2. The summed E-state index contributed by atoms with van der Waals surface area (Å²) in [5.74, 6) is -0.792. The molecule has 1 aromatic heterocycles. The van der Waals surface area contributed by atoms with E-state index in [0.717, 1.165) is 15.4 Å². The van der Waals surface area contributed by atoms with Gasteiger partial charge in [-0.05, 0) is 36.9 Å². The number of ether oxygens (including phenoxy) is 2. The Balaban J connectivity index is 1.40. The van der Waals surface area contributed by atoms with Crippen molar-refractivity contribution in [2.75, 3.05) is 20.2 Å². The zero-order valence-electron chi connectivity index (χ0n) is 20.1. The molecule has 0 aliphatic carbocycles. The fourth-order valence-electron chi connectivity index (χ4n) is 4.51. The van der Waals surface area contributed by atoms with E-state index in [1.54, 1.807) is 35.4 Å². The molecule has 0 spiro atoms. The number of rotatable bonds is 8. The maximum absolute atomic E-state index is 15.3. The zero-order chi connectivity index (χ0) is 25.9. The van der Waals surface area contributed by atoms with E-state index < -0.39 is 11.7 Å². The van der Waals surface area contributed by atoms with E-state index in [4.69, 9.17) is 21.1 Å². The first-order valence-corrected chi connectivity index (χ1v) is 13.2. The van der Waals surface area contributed by atoms with Crippen LogP contribution >= 0.6 is 22.9 Å². The maximum Gasteiger partial charge on any atom is 0.410 e. The van der Waals surface area contributed by atoms with Crippen molar-refractivity contribution in [1.29, 1.82) is 0 Å². The second-order valence-corrected chi connectivity index (χ2v) is 10.5. The molecule has 2 aromatic carbocycles. The second-order valence-electron chi connectivity index (χ2n) is 8.97. The quantitative estimate of drug-likeness (QED) is 0.430. The molecule has 0 radical (unpaired) electrons. The molecule has 0 saturated carbocycles. The van der Waals surface area contributed by atoms with Gasteiger partial charge in [0.2, 0.25) is 0 Å². The molecule has 8 nitrogen and oxygen atoms in total. The number of thiazole rings is 1. The van der Waals surface area contributed by atoms with Gasteiger partial charge in [0.05, 0.1) is 16.5 Å². The van der Waals surface area contributed by atoms with Gasteiger partial charge in [0.15, 0.2) is 0 Å². The molecule has 2 saturated heterocycles. The molecule has 5 rings (SSSR count). The molecular formula is C26H26ClFN4O4S. The van der Waals surface area contributed by atoms with E-state index in [1.807, 2.05) is 7.05 Å². The maximum atomic E-state index is 15.3. The summed E-state index contributed by atoms with van der Waals surface area (Å²) in [7, 11) is 1.83. The standard InChI is InChI=1S/C26H26ClFN4O4S/c1-29-13-24-30-12-23(37-24)20-9-21(28)19(25(33)31-11-15-2-4-16(27)5-3-15)10-22(20)36-18-6-7-32-17(8-18)14-35-26(32)34/h2-5,9-10,12,17-18,29H,6-8,11,13-14H2,1H3,(H,31,33)/t17-,18-/m0/s1. The highest BCUT2D eigenvalue weighted by Crippen LogP contribution is 2.38. The number of carbonyl (C=O) groups is 2. The van der Waals surface area contributed by atoms with E-state index in [0.29, 0.717) is 48.9 Å². The number of nitrogens with one attached hydrogen (secondary N) is 2. The van der Waals surface area contributed by atoms with Crippen molar-refractivity contribution < 1.29 is 23.5 Å². The summed E-state index contributed by atoms with van der Waals surface area (Å²) < 4.78 is 26.8. The monoisotopic (exact) mass is 544 g/mol. The minimum atomic E-state index is -0.649. The van der Waals surface area contributed by atoms with Gasteiger partial charge in [0, 0.05) is 49.3 Å². The second kappa shape index (κ2) is 11.0. The molecule has 2 amide bonds. The van der Waals surface area contributed by atoms with Crippen molar-refractivity contribution in [3.8, 4) is 16.2 Å². The van der Waals surface area contributed by atoms with Crippen LogP contribution in [0, 0.1) is 5.82 Å². The third kappa shape index (κ3) is 5.71. The number of halogens is 2. The van der Waals surface area contributed by atoms with Crippen LogP contribution in [0.25, 0.3) is 10.4 Å². The lowest BCUT2D eigenvalue weighted by Gasteiger charge is -2.33. The van der Waals surface area contributed by atoms with Crippen molar-refractivity contribution in [2.45, 2.75) is 38.1 Å². The first kappa shape index (κ1) is 25.4. The summed E-state index contributed by atoms with van der Waals surface area (Å²) in [6, 6.07) is 9.80. The largest absolute Gasteiger partial charge is 0.490 e. The Morgan fingerprint density at radius 3 is 2.89 bits per heavy atom. The van der Waals surface area contributed by atoms with Gasteiger partial charge in [-0.2, -0.15) is 0 Å². The molecule has 2 aliphatic heterocycles. The summed E-state index contributed by atoms with van der Waals surface area (Å²) in [5, 5.41) is 7.27. The van der Waals surface area contributed by atoms with Gasteiger partial charge in [0.25, 0.3) is 5.91 Å². The highest BCUT2D eigenvalue weighted by molar-refractivity contribution is 7.15. The Hall–Kier alpha value is -3.21. The Kier molecular flexibility index (Phi) is 7.59. The number of nitrogens with zero attached hydrogens (tertiary/aromatic N) is 2. The Labute approximate surface area is 222 Å². The van der Waals surface area contributed by atoms with E-state index in [9.17, 15) is 9.59 Å². The van der Waals surface area contributed by atoms with E-state index in [2.05, 4.69) is 15.6 Å². The summed E-state index contributed by atoms with van der Waals surface area (Å²) in [6.07, 6.45) is 2.37. The average molecular weight is 545 g/mol. The molecule has 37 heavy (non-hydrogen) atoms. The van der Waals surface area contributed by atoms with Gasteiger partial charge in [-0.3, -0.25) is 4.79 Å². The Morgan fingerprint density at radius 2 is 2.11 bits per heavy atom. The summed E-state index contributed by atoms with van der Waals surface area (Å²) >= 11 is 7.36. The van der Waals surface area contributed by atoms with E-state index >= 15 is 4.39 Å². The molecule has 11 heteroatoms. The summed E-state index contributed by atoms with van der Waals surface area (Å²) in [4.78, 5) is 31.7. The van der Waals surface area contributed by atoms with Gasteiger partial charge >= 0.3 is 6.09 Å². The minimum absolute atomic E-state index is 0.0528. The fraction of sp³-hybridized carbons (Fsp3) is 0.346. The van der Waals surface area contributed by atoms with Crippen LogP contribution in [0.2, 0.25) is 5.02 Å². The molecule has 194 valence electrons. The van der Waals surface area contributed by atoms with Gasteiger partial charge in [0.1, 0.15) is 29.3 Å². The molecule has 3 aromatic rings. The smallest absolute Gasteiger partial charge is 0.410 e. The first-order chi connectivity index (χ1) is 17.9. The number of hydrogen-bond donors (Lipinski definition) is 2. The van der Waals surface area contributed by atoms with Crippen LogP contribution in [0.15, 0.2) is 42.6 Å². The third-order valence-electron chi connectivity index (χ3n) is 6.42. The topological polar surface area (TPSA) is 92.8 Å². The van der Waals surface area contributed by atoms with Crippen molar-refractivity contribution in [3.63, 3.8) is 0 Å². The SMILES string of the molecule is CNCc1ncc(-c2cc(F)c(C(=O)NCc3ccc(Cl)cc3)cc2O[C@H]2CCN3C(=O)OC[C@@H]3C2)s1. The van der Waals surface area contributed by atoms with Crippen molar-refractivity contribution in [1.82, 2.24) is 20.5 Å². The Morgan fingerprint density at radius 1 is 1.30 bits per heavy atom. The third-order valence-corrected chi connectivity index (χ3v) is 7.70. The number of benzene rings is 2. The van der Waals surface area contributed by atoms with Crippen LogP contribution in [0.1, 0.15) is 33.8 Å².